The number of hydrogen-bond acceptors (Lipinski definition) is 10. The largest absolute Gasteiger partial charge is 0.368 e. The molecule has 0 bridgehead atoms. The van der Waals surface area contributed by atoms with E-state index in [-0.39, 0.29) is 24.2 Å². The topological polar surface area (TPSA) is 127 Å². The molecule has 0 radical (unpaired) electrons. The van der Waals surface area contributed by atoms with Crippen molar-refractivity contribution in [1.29, 1.82) is 0 Å². The van der Waals surface area contributed by atoms with Crippen LogP contribution in [0.3, 0.4) is 0 Å². The first kappa shape index (κ1) is 36.6. The Morgan fingerprint density at radius 3 is 2.32 bits per heavy atom. The second kappa shape index (κ2) is 14.5. The number of carbonyl (C=O) groups is 4. The molecule has 0 saturated carbocycles. The smallest absolute Gasteiger partial charge is 0.262 e. The summed E-state index contributed by atoms with van der Waals surface area (Å²) < 4.78 is 0. The molecule has 1 spiro atoms. The Balaban J connectivity index is 0.725. The molecular formula is C42H46ClN9O4. The fourth-order valence-electron chi connectivity index (χ4n) is 10.0. The quantitative estimate of drug-likeness (QED) is 0.256. The summed E-state index contributed by atoms with van der Waals surface area (Å²) in [4.78, 5) is 64.6. The Morgan fingerprint density at radius 1 is 0.875 bits per heavy atom. The van der Waals surface area contributed by atoms with Crippen molar-refractivity contribution in [2.75, 3.05) is 60.5 Å². The van der Waals surface area contributed by atoms with Crippen molar-refractivity contribution in [3.05, 3.63) is 81.8 Å². The molecule has 6 aliphatic rings. The van der Waals surface area contributed by atoms with E-state index in [9.17, 15) is 19.2 Å². The zero-order valence-electron chi connectivity index (χ0n) is 31.6. The van der Waals surface area contributed by atoms with Crippen LogP contribution in [0.25, 0.3) is 4.85 Å². The summed E-state index contributed by atoms with van der Waals surface area (Å²) >= 11 is 6.38. The van der Waals surface area contributed by atoms with Crippen LogP contribution in [0.2, 0.25) is 5.02 Å². The van der Waals surface area contributed by atoms with Crippen LogP contribution in [0.4, 0.5) is 22.9 Å². The molecule has 4 amide bonds. The van der Waals surface area contributed by atoms with Crippen molar-refractivity contribution < 1.29 is 19.2 Å². The first-order chi connectivity index (χ1) is 27.1. The summed E-state index contributed by atoms with van der Waals surface area (Å²) in [5.41, 5.74) is 4.46. The van der Waals surface area contributed by atoms with Crippen molar-refractivity contribution in [2.45, 2.75) is 76.4 Å². The highest BCUT2D eigenvalue weighted by molar-refractivity contribution is 6.33. The van der Waals surface area contributed by atoms with Crippen LogP contribution in [0.1, 0.15) is 78.3 Å². The van der Waals surface area contributed by atoms with E-state index in [0.717, 1.165) is 112 Å². The first-order valence-electron chi connectivity index (χ1n) is 19.9. The molecule has 7 heterocycles. The molecule has 5 saturated heterocycles. The molecular weight excluding hydrogens is 730 g/mol. The monoisotopic (exact) mass is 775 g/mol. The average molecular weight is 776 g/mol. The number of hydrogen-bond donors (Lipinski definition) is 1. The number of imide groups is 2. The minimum absolute atomic E-state index is 0.102. The number of carbonyl (C=O) groups excluding carboxylic acids is 4. The van der Waals surface area contributed by atoms with Gasteiger partial charge >= 0.3 is 0 Å². The molecule has 2 atom stereocenters. The van der Waals surface area contributed by atoms with Gasteiger partial charge in [0, 0.05) is 67.6 Å². The van der Waals surface area contributed by atoms with Gasteiger partial charge in [-0.25, -0.2) is 4.85 Å². The lowest BCUT2D eigenvalue weighted by atomic mass is 9.77. The van der Waals surface area contributed by atoms with Gasteiger partial charge in [-0.15, -0.1) is 5.10 Å². The van der Waals surface area contributed by atoms with Gasteiger partial charge in [-0.1, -0.05) is 17.7 Å². The van der Waals surface area contributed by atoms with Crippen molar-refractivity contribution in [3.8, 4) is 0 Å². The van der Waals surface area contributed by atoms with Gasteiger partial charge in [-0.2, -0.15) is 5.10 Å². The lowest BCUT2D eigenvalue weighted by molar-refractivity contribution is -0.136. The number of halogens is 1. The minimum Gasteiger partial charge on any atom is -0.368 e. The van der Waals surface area contributed by atoms with Gasteiger partial charge in [0.1, 0.15) is 6.04 Å². The third kappa shape index (κ3) is 6.66. The molecule has 5 fully saturated rings. The van der Waals surface area contributed by atoms with E-state index in [1.165, 1.54) is 0 Å². The fourth-order valence-corrected chi connectivity index (χ4v) is 10.2. The van der Waals surface area contributed by atoms with Crippen molar-refractivity contribution in [2.24, 2.45) is 11.3 Å². The molecule has 2 aromatic carbocycles. The van der Waals surface area contributed by atoms with E-state index in [0.29, 0.717) is 39.8 Å². The predicted molar refractivity (Wildman–Crippen MR) is 212 cm³/mol. The molecule has 1 N–H and O–H groups in total. The van der Waals surface area contributed by atoms with E-state index < -0.39 is 23.8 Å². The maximum absolute atomic E-state index is 13.3. The second-order valence-electron chi connectivity index (χ2n) is 16.7. The van der Waals surface area contributed by atoms with Crippen LogP contribution in [0.15, 0.2) is 48.5 Å². The maximum Gasteiger partial charge on any atom is 0.262 e. The van der Waals surface area contributed by atoms with Crippen LogP contribution in [0.5, 0.6) is 0 Å². The van der Waals surface area contributed by atoms with Gasteiger partial charge < -0.3 is 14.7 Å². The Kier molecular flexibility index (Phi) is 9.45. The lowest BCUT2D eigenvalue weighted by Gasteiger charge is -2.48. The van der Waals surface area contributed by atoms with E-state index in [4.69, 9.17) is 23.3 Å². The van der Waals surface area contributed by atoms with Gasteiger partial charge in [-0.05, 0) is 119 Å². The standard InChI is InChI=1S/C42H46ClN9O4/c1-26-22-42(25-51(26)30-5-7-35(44-2)34(43)21-30)13-17-49(18-14-42)37-9-3-28(46-47-37)19-27-11-15-48(16-12-27)31-23-50(24-31)29-4-6-32-33(20-29)41(56)52(40(32)55)36-8-10-38(53)45-39(36)54/h3-7,9,20-21,26-27,31,36H,8,10-19,22-25H2,1H3,(H,45,53,54)/t26-,36?/m0/s1. The van der Waals surface area contributed by atoms with E-state index in [2.05, 4.69) is 53.9 Å². The van der Waals surface area contributed by atoms with Crippen LogP contribution in [-0.2, 0) is 16.0 Å². The molecule has 9 rings (SSSR count). The number of piperidine rings is 3. The summed E-state index contributed by atoms with van der Waals surface area (Å²) in [6, 6.07) is 15.4. The molecule has 1 unspecified atom stereocenters. The zero-order valence-corrected chi connectivity index (χ0v) is 32.4. The van der Waals surface area contributed by atoms with E-state index in [1.807, 2.05) is 24.3 Å². The second-order valence-corrected chi connectivity index (χ2v) is 17.1. The molecule has 1 aromatic heterocycles. The molecule has 0 aliphatic carbocycles. The molecule has 14 heteroatoms. The summed E-state index contributed by atoms with van der Waals surface area (Å²) in [6.07, 6.45) is 6.80. The molecule has 290 valence electrons. The van der Waals surface area contributed by atoms with Crippen molar-refractivity contribution in [1.82, 2.24) is 25.3 Å². The molecule has 56 heavy (non-hydrogen) atoms. The maximum atomic E-state index is 13.3. The summed E-state index contributed by atoms with van der Waals surface area (Å²) in [5, 5.41) is 12.1. The van der Waals surface area contributed by atoms with Crippen molar-refractivity contribution >= 4 is 58.1 Å². The molecule has 3 aromatic rings. The lowest BCUT2D eigenvalue weighted by Crippen LogP contribution is -2.61. The number of fused-ring (bicyclic) bond motifs is 1. The predicted octanol–water partition coefficient (Wildman–Crippen LogP) is 5.11. The van der Waals surface area contributed by atoms with Gasteiger partial charge in [-0.3, -0.25) is 34.3 Å². The third-order valence-corrected chi connectivity index (χ3v) is 13.6. The Labute approximate surface area is 331 Å². The van der Waals surface area contributed by atoms with Crippen LogP contribution in [0, 0.1) is 17.9 Å². The number of benzene rings is 2. The molecule has 13 nitrogen and oxygen atoms in total. The SMILES string of the molecule is [C-]#[N+]c1ccc(N2CC3(CCN(c4ccc(CC5CCN(C6CN(c7ccc8c(c7)C(=O)N(C7CCC(=O)NC7=O)C8=O)C6)CC5)nn4)CC3)C[C@@H]2C)cc1Cl. The number of aromatic nitrogens is 2. The van der Waals surface area contributed by atoms with Gasteiger partial charge in [0.05, 0.1) is 23.4 Å². The molecule has 6 aliphatic heterocycles. The minimum atomic E-state index is -0.960. The van der Waals surface area contributed by atoms with Crippen LogP contribution < -0.4 is 20.0 Å². The highest BCUT2D eigenvalue weighted by Crippen LogP contribution is 2.46. The summed E-state index contributed by atoms with van der Waals surface area (Å²) in [6.45, 7) is 16.3. The Hall–Kier alpha value is -5.06. The number of likely N-dealkylation sites (tertiary alicyclic amines) is 1. The third-order valence-electron chi connectivity index (χ3n) is 13.3. The van der Waals surface area contributed by atoms with Crippen LogP contribution in [-0.4, -0.2) is 108 Å². The first-order valence-corrected chi connectivity index (χ1v) is 20.3. The normalized spacial score (nSPS) is 24.4. The van der Waals surface area contributed by atoms with E-state index >= 15 is 0 Å². The summed E-state index contributed by atoms with van der Waals surface area (Å²) in [7, 11) is 0. The Bertz CT molecular complexity index is 2120. The summed E-state index contributed by atoms with van der Waals surface area (Å²) in [5.74, 6) is -0.396. The van der Waals surface area contributed by atoms with Gasteiger partial charge in [0.2, 0.25) is 17.5 Å². The number of nitrogens with zero attached hydrogens (tertiary/aromatic N) is 8. The fraction of sp³-hybridized carbons (Fsp3) is 0.500. The van der Waals surface area contributed by atoms with Gasteiger partial charge in [0.15, 0.2) is 5.82 Å². The van der Waals surface area contributed by atoms with Crippen LogP contribution >= 0.6 is 11.6 Å². The number of anilines is 3. The Morgan fingerprint density at radius 2 is 1.62 bits per heavy atom. The number of nitrogens with one attached hydrogen (secondary N) is 1. The zero-order chi connectivity index (χ0) is 38.7. The highest BCUT2D eigenvalue weighted by Gasteiger charge is 2.46. The highest BCUT2D eigenvalue weighted by atomic mass is 35.5. The number of amides is 4. The van der Waals surface area contributed by atoms with Crippen molar-refractivity contribution in [3.63, 3.8) is 0 Å². The number of rotatable bonds is 7. The van der Waals surface area contributed by atoms with Gasteiger partial charge in [0.25, 0.3) is 11.8 Å². The average Bonchev–Trinajstić information content (AvgIpc) is 3.63. The van der Waals surface area contributed by atoms with E-state index in [1.54, 1.807) is 12.1 Å².